The highest BCUT2D eigenvalue weighted by Gasteiger charge is 2.45. The lowest BCUT2D eigenvalue weighted by atomic mass is 9.81. The van der Waals surface area contributed by atoms with Gasteiger partial charge >= 0.3 is 6.03 Å². The van der Waals surface area contributed by atoms with Gasteiger partial charge in [-0.3, -0.25) is 25.1 Å². The van der Waals surface area contributed by atoms with Gasteiger partial charge in [0.1, 0.15) is 17.0 Å². The van der Waals surface area contributed by atoms with Gasteiger partial charge in [-0.1, -0.05) is 24.4 Å². The van der Waals surface area contributed by atoms with Crippen molar-refractivity contribution in [3.8, 4) is 0 Å². The molecule has 1 saturated heterocycles. The maximum absolute atomic E-state index is 13.6. The molecular weight excluding hydrogens is 477 g/mol. The van der Waals surface area contributed by atoms with Crippen molar-refractivity contribution in [3.63, 3.8) is 0 Å². The second-order valence-corrected chi connectivity index (χ2v) is 9.41. The highest BCUT2D eigenvalue weighted by atomic mass is 35.5. The fourth-order valence-corrected chi connectivity index (χ4v) is 5.07. The fourth-order valence-electron chi connectivity index (χ4n) is 4.82. The van der Waals surface area contributed by atoms with E-state index in [0.717, 1.165) is 25.7 Å². The normalized spacial score (nSPS) is 22.8. The molecule has 2 aromatic carbocycles. The van der Waals surface area contributed by atoms with E-state index < -0.39 is 29.0 Å². The highest BCUT2D eigenvalue weighted by molar-refractivity contribution is 6.33. The van der Waals surface area contributed by atoms with Gasteiger partial charge in [0.2, 0.25) is 5.91 Å². The summed E-state index contributed by atoms with van der Waals surface area (Å²) in [4.78, 5) is 40.1. The third-order valence-electron chi connectivity index (χ3n) is 6.87. The Balaban J connectivity index is 1.56. The number of likely N-dealkylation sites (N-methyl/N-ethyl adjacent to an activating group) is 1. The van der Waals surface area contributed by atoms with Crippen molar-refractivity contribution < 1.29 is 18.9 Å². The molecule has 1 aliphatic heterocycles. The molecule has 11 heteroatoms. The van der Waals surface area contributed by atoms with E-state index in [-0.39, 0.29) is 28.6 Å². The average molecular weight is 504 g/mol. The molecule has 2 aromatic rings. The van der Waals surface area contributed by atoms with E-state index in [1.807, 2.05) is 6.92 Å². The Hall–Kier alpha value is -3.24. The Kier molecular flexibility index (Phi) is 7.23. The van der Waals surface area contributed by atoms with Gasteiger partial charge in [0.15, 0.2) is 0 Å². The van der Waals surface area contributed by atoms with Crippen molar-refractivity contribution in [3.05, 3.63) is 63.4 Å². The first-order valence-corrected chi connectivity index (χ1v) is 11.9. The fraction of sp³-hybridized carbons (Fsp3) is 0.417. The first-order chi connectivity index (χ1) is 16.7. The van der Waals surface area contributed by atoms with Crippen LogP contribution in [-0.2, 0) is 4.79 Å². The maximum atomic E-state index is 13.6. The summed E-state index contributed by atoms with van der Waals surface area (Å²) in [6.45, 7) is 1.83. The van der Waals surface area contributed by atoms with E-state index in [9.17, 15) is 24.1 Å². The number of fused-ring (bicyclic) bond motifs is 1. The second-order valence-electron chi connectivity index (χ2n) is 9.00. The average Bonchev–Trinajstić information content (AvgIpc) is 2.83. The van der Waals surface area contributed by atoms with Gasteiger partial charge in [-0.05, 0) is 56.2 Å². The highest BCUT2D eigenvalue weighted by Crippen LogP contribution is 2.35. The standard InChI is InChI=1S/C24H27ClFN5O4/c1-14(29(2)24(33)27-16-9-12-21(31(34)35)19(25)13-16)22-28-20-6-4-3-5-18(20)23(32)30(22)17-10-7-15(26)8-11-17/h7-14,18,20,22,28H,3-6H2,1-2H3,(H,27,33). The minimum absolute atomic E-state index is 0.00494. The van der Waals surface area contributed by atoms with E-state index >= 15 is 0 Å². The first-order valence-electron chi connectivity index (χ1n) is 11.5. The number of nitro benzene ring substituents is 1. The Bertz CT molecular complexity index is 1130. The van der Waals surface area contributed by atoms with E-state index in [1.165, 1.54) is 35.2 Å². The van der Waals surface area contributed by atoms with Crippen molar-refractivity contribution in [1.82, 2.24) is 10.2 Å². The molecule has 1 saturated carbocycles. The molecule has 0 spiro atoms. The Morgan fingerprint density at radius 1 is 1.26 bits per heavy atom. The number of benzene rings is 2. The summed E-state index contributed by atoms with van der Waals surface area (Å²) in [6, 6.07) is 8.76. The molecule has 2 aliphatic rings. The Morgan fingerprint density at radius 2 is 1.94 bits per heavy atom. The molecule has 35 heavy (non-hydrogen) atoms. The molecular formula is C24H27ClFN5O4. The largest absolute Gasteiger partial charge is 0.321 e. The molecule has 1 aliphatic carbocycles. The summed E-state index contributed by atoms with van der Waals surface area (Å²) >= 11 is 5.96. The van der Waals surface area contributed by atoms with Crippen molar-refractivity contribution in [1.29, 1.82) is 0 Å². The lowest BCUT2D eigenvalue weighted by Gasteiger charge is -2.49. The number of urea groups is 1. The topological polar surface area (TPSA) is 108 Å². The summed E-state index contributed by atoms with van der Waals surface area (Å²) in [6.07, 6.45) is 3.12. The van der Waals surface area contributed by atoms with Gasteiger partial charge in [-0.15, -0.1) is 0 Å². The van der Waals surface area contributed by atoms with Crippen LogP contribution in [0.1, 0.15) is 32.6 Å². The molecule has 186 valence electrons. The molecule has 3 amide bonds. The van der Waals surface area contributed by atoms with Gasteiger partial charge in [0.05, 0.1) is 16.9 Å². The summed E-state index contributed by atoms with van der Waals surface area (Å²) < 4.78 is 13.6. The maximum Gasteiger partial charge on any atom is 0.321 e. The van der Waals surface area contributed by atoms with Gasteiger partial charge in [0, 0.05) is 30.5 Å². The van der Waals surface area contributed by atoms with Crippen LogP contribution in [0.15, 0.2) is 42.5 Å². The van der Waals surface area contributed by atoms with Gasteiger partial charge in [-0.25, -0.2) is 9.18 Å². The van der Waals surface area contributed by atoms with Crippen molar-refractivity contribution >= 4 is 40.6 Å². The number of amides is 3. The molecule has 0 bridgehead atoms. The number of hydrogen-bond donors (Lipinski definition) is 2. The van der Waals surface area contributed by atoms with Crippen LogP contribution in [0, 0.1) is 21.8 Å². The van der Waals surface area contributed by atoms with Crippen LogP contribution in [0.2, 0.25) is 5.02 Å². The van der Waals surface area contributed by atoms with Gasteiger partial charge in [0.25, 0.3) is 5.69 Å². The van der Waals surface area contributed by atoms with Crippen LogP contribution in [0.4, 0.5) is 26.2 Å². The van der Waals surface area contributed by atoms with E-state index in [0.29, 0.717) is 11.4 Å². The van der Waals surface area contributed by atoms with Crippen LogP contribution in [0.5, 0.6) is 0 Å². The first kappa shape index (κ1) is 24.9. The molecule has 9 nitrogen and oxygen atoms in total. The van der Waals surface area contributed by atoms with E-state index in [1.54, 1.807) is 24.1 Å². The molecule has 2 N–H and O–H groups in total. The number of halogens is 2. The molecule has 4 unspecified atom stereocenters. The zero-order valence-corrected chi connectivity index (χ0v) is 20.2. The summed E-state index contributed by atoms with van der Waals surface area (Å²) in [5.74, 6) is -0.601. The van der Waals surface area contributed by atoms with Crippen molar-refractivity contribution in [2.24, 2.45) is 5.92 Å². The monoisotopic (exact) mass is 503 g/mol. The SMILES string of the molecule is CC(C1NC2CCCCC2C(=O)N1c1ccc(F)cc1)N(C)C(=O)Nc1ccc([N+](=O)[O-])c(Cl)c1. The minimum atomic E-state index is -0.601. The lowest BCUT2D eigenvalue weighted by molar-refractivity contribution is -0.384. The third kappa shape index (κ3) is 5.08. The number of nitro groups is 1. The number of carbonyl (C=O) groups excluding carboxylic acids is 2. The Labute approximate surface area is 207 Å². The quantitative estimate of drug-likeness (QED) is 0.451. The number of anilines is 2. The van der Waals surface area contributed by atoms with E-state index in [4.69, 9.17) is 11.6 Å². The zero-order valence-electron chi connectivity index (χ0n) is 19.4. The van der Waals surface area contributed by atoms with Crippen LogP contribution >= 0.6 is 11.6 Å². The van der Waals surface area contributed by atoms with Crippen LogP contribution in [0.25, 0.3) is 0 Å². The number of hydrogen-bond acceptors (Lipinski definition) is 5. The molecule has 0 aromatic heterocycles. The Morgan fingerprint density at radius 3 is 2.60 bits per heavy atom. The van der Waals surface area contributed by atoms with Crippen LogP contribution in [-0.4, -0.2) is 47.1 Å². The number of carbonyl (C=O) groups is 2. The number of nitrogens with one attached hydrogen (secondary N) is 2. The molecule has 1 heterocycles. The van der Waals surface area contributed by atoms with E-state index in [2.05, 4.69) is 10.6 Å². The van der Waals surface area contributed by atoms with Gasteiger partial charge < -0.3 is 10.2 Å². The lowest BCUT2D eigenvalue weighted by Crippen LogP contribution is -2.69. The smallest absolute Gasteiger partial charge is 0.321 e. The van der Waals surface area contributed by atoms with Crippen LogP contribution < -0.4 is 15.5 Å². The second kappa shape index (κ2) is 10.2. The van der Waals surface area contributed by atoms with Crippen molar-refractivity contribution in [2.45, 2.75) is 50.9 Å². The third-order valence-corrected chi connectivity index (χ3v) is 7.17. The number of nitrogens with zero attached hydrogens (tertiary/aromatic N) is 3. The van der Waals surface area contributed by atoms with Crippen LogP contribution in [0.3, 0.4) is 0 Å². The molecule has 4 atom stereocenters. The van der Waals surface area contributed by atoms with Gasteiger partial charge in [-0.2, -0.15) is 0 Å². The van der Waals surface area contributed by atoms with Crippen molar-refractivity contribution in [2.75, 3.05) is 17.3 Å². The molecule has 4 rings (SSSR count). The predicted molar refractivity (Wildman–Crippen MR) is 131 cm³/mol. The predicted octanol–water partition coefficient (Wildman–Crippen LogP) is 4.76. The minimum Gasteiger partial charge on any atom is -0.321 e. The number of rotatable bonds is 5. The molecule has 2 fully saturated rings. The molecule has 0 radical (unpaired) electrons. The summed E-state index contributed by atoms with van der Waals surface area (Å²) in [5.41, 5.74) is 0.606. The summed E-state index contributed by atoms with van der Waals surface area (Å²) in [7, 11) is 1.61. The summed E-state index contributed by atoms with van der Waals surface area (Å²) in [5, 5.41) is 17.2. The zero-order chi connectivity index (χ0) is 25.3.